The van der Waals surface area contributed by atoms with E-state index in [0.717, 1.165) is 38.8 Å². The molecular formula is C16H25N3O3. The maximum Gasteiger partial charge on any atom is 0.292 e. The zero-order valence-electron chi connectivity index (χ0n) is 13.4. The van der Waals surface area contributed by atoms with E-state index in [-0.39, 0.29) is 23.8 Å². The van der Waals surface area contributed by atoms with Crippen molar-refractivity contribution in [1.29, 1.82) is 0 Å². The summed E-state index contributed by atoms with van der Waals surface area (Å²) in [6.45, 7) is 6.25. The average molecular weight is 307 g/mol. The molecule has 0 bridgehead atoms. The quantitative estimate of drug-likeness (QED) is 0.531. The SMILES string of the molecule is CCCCN(CCCC)CC(=O)Nc1ccccc1[N+](=O)[O-]. The molecule has 22 heavy (non-hydrogen) atoms. The molecule has 1 aromatic rings. The van der Waals surface area contributed by atoms with Crippen LogP contribution in [0.15, 0.2) is 24.3 Å². The first kappa shape index (κ1) is 18.1. The molecule has 0 aliphatic heterocycles. The Labute approximate surface area is 131 Å². The lowest BCUT2D eigenvalue weighted by Crippen LogP contribution is -2.34. The van der Waals surface area contributed by atoms with Gasteiger partial charge in [0, 0.05) is 6.07 Å². The van der Waals surface area contributed by atoms with Crippen LogP contribution in [0.2, 0.25) is 0 Å². The first-order valence-corrected chi connectivity index (χ1v) is 7.84. The minimum atomic E-state index is -0.485. The number of para-hydroxylation sites is 2. The van der Waals surface area contributed by atoms with Crippen LogP contribution < -0.4 is 5.32 Å². The number of nitrogens with one attached hydrogen (secondary N) is 1. The van der Waals surface area contributed by atoms with Gasteiger partial charge in [-0.1, -0.05) is 38.8 Å². The highest BCUT2D eigenvalue weighted by Crippen LogP contribution is 2.22. The molecular weight excluding hydrogens is 282 g/mol. The minimum absolute atomic E-state index is 0.0792. The van der Waals surface area contributed by atoms with Crippen molar-refractivity contribution in [2.45, 2.75) is 39.5 Å². The normalized spacial score (nSPS) is 10.7. The smallest absolute Gasteiger partial charge is 0.292 e. The van der Waals surface area contributed by atoms with Gasteiger partial charge in [0.1, 0.15) is 5.69 Å². The fourth-order valence-electron chi connectivity index (χ4n) is 2.16. The maximum absolute atomic E-state index is 12.1. The summed E-state index contributed by atoms with van der Waals surface area (Å²) >= 11 is 0. The van der Waals surface area contributed by atoms with Crippen LogP contribution in [0.5, 0.6) is 0 Å². The first-order valence-electron chi connectivity index (χ1n) is 7.84. The molecule has 1 N–H and O–H groups in total. The zero-order chi connectivity index (χ0) is 16.4. The first-order chi connectivity index (χ1) is 10.6. The van der Waals surface area contributed by atoms with Gasteiger partial charge in [0.05, 0.1) is 11.5 Å². The maximum atomic E-state index is 12.1. The van der Waals surface area contributed by atoms with Crippen molar-refractivity contribution in [2.24, 2.45) is 0 Å². The molecule has 0 aliphatic rings. The lowest BCUT2D eigenvalue weighted by molar-refractivity contribution is -0.383. The number of carbonyl (C=O) groups excluding carboxylic acids is 1. The highest BCUT2D eigenvalue weighted by Gasteiger charge is 2.16. The third-order valence-electron chi connectivity index (χ3n) is 3.40. The second-order valence-electron chi connectivity index (χ2n) is 5.31. The van der Waals surface area contributed by atoms with Crippen LogP contribution in [0.1, 0.15) is 39.5 Å². The molecule has 0 heterocycles. The predicted octanol–water partition coefficient (Wildman–Crippen LogP) is 3.44. The Morgan fingerprint density at radius 3 is 2.32 bits per heavy atom. The molecule has 0 aromatic heterocycles. The summed E-state index contributed by atoms with van der Waals surface area (Å²) in [5, 5.41) is 13.6. The van der Waals surface area contributed by atoms with Gasteiger partial charge >= 0.3 is 0 Å². The number of hydrogen-bond donors (Lipinski definition) is 1. The lowest BCUT2D eigenvalue weighted by atomic mass is 10.2. The molecule has 1 rings (SSSR count). The van der Waals surface area contributed by atoms with E-state index in [2.05, 4.69) is 24.1 Å². The van der Waals surface area contributed by atoms with Crippen LogP contribution >= 0.6 is 0 Å². The summed E-state index contributed by atoms with van der Waals surface area (Å²) in [5.41, 5.74) is 0.174. The van der Waals surface area contributed by atoms with Crippen LogP contribution in [0.4, 0.5) is 11.4 Å². The van der Waals surface area contributed by atoms with E-state index in [0.29, 0.717) is 0 Å². The van der Waals surface area contributed by atoms with Gasteiger partial charge in [0.2, 0.25) is 5.91 Å². The zero-order valence-corrected chi connectivity index (χ0v) is 13.4. The van der Waals surface area contributed by atoms with Crippen molar-refractivity contribution < 1.29 is 9.72 Å². The van der Waals surface area contributed by atoms with E-state index < -0.39 is 4.92 Å². The minimum Gasteiger partial charge on any atom is -0.319 e. The number of amides is 1. The molecule has 0 unspecified atom stereocenters. The van der Waals surface area contributed by atoms with Crippen LogP contribution in [0.25, 0.3) is 0 Å². The molecule has 0 radical (unpaired) electrons. The van der Waals surface area contributed by atoms with Gasteiger partial charge in [0.25, 0.3) is 5.69 Å². The van der Waals surface area contributed by atoms with Gasteiger partial charge in [-0.2, -0.15) is 0 Å². The fraction of sp³-hybridized carbons (Fsp3) is 0.562. The van der Waals surface area contributed by atoms with Crippen molar-refractivity contribution in [2.75, 3.05) is 25.0 Å². The molecule has 0 saturated heterocycles. The monoisotopic (exact) mass is 307 g/mol. The highest BCUT2D eigenvalue weighted by atomic mass is 16.6. The topological polar surface area (TPSA) is 75.5 Å². The Balaban J connectivity index is 2.64. The van der Waals surface area contributed by atoms with E-state index in [4.69, 9.17) is 0 Å². The number of rotatable bonds is 10. The van der Waals surface area contributed by atoms with E-state index in [1.54, 1.807) is 18.2 Å². The second kappa shape index (κ2) is 9.89. The summed E-state index contributed by atoms with van der Waals surface area (Å²) in [7, 11) is 0. The third kappa shape index (κ3) is 6.22. The van der Waals surface area contributed by atoms with Gasteiger partial charge in [-0.15, -0.1) is 0 Å². The van der Waals surface area contributed by atoms with Crippen LogP contribution in [-0.2, 0) is 4.79 Å². The molecule has 6 nitrogen and oxygen atoms in total. The Morgan fingerprint density at radius 2 is 1.77 bits per heavy atom. The van der Waals surface area contributed by atoms with E-state index in [9.17, 15) is 14.9 Å². The Morgan fingerprint density at radius 1 is 1.18 bits per heavy atom. The van der Waals surface area contributed by atoms with Gasteiger partial charge in [-0.05, 0) is 32.0 Å². The van der Waals surface area contributed by atoms with Crippen LogP contribution in [0, 0.1) is 10.1 Å². The van der Waals surface area contributed by atoms with Crippen molar-refractivity contribution in [3.05, 3.63) is 34.4 Å². The van der Waals surface area contributed by atoms with Gasteiger partial charge in [-0.3, -0.25) is 19.8 Å². The van der Waals surface area contributed by atoms with Crippen molar-refractivity contribution >= 4 is 17.3 Å². The molecule has 1 aromatic carbocycles. The lowest BCUT2D eigenvalue weighted by Gasteiger charge is -2.21. The van der Waals surface area contributed by atoms with E-state index in [1.165, 1.54) is 6.07 Å². The number of nitro groups is 1. The third-order valence-corrected chi connectivity index (χ3v) is 3.40. The summed E-state index contributed by atoms with van der Waals surface area (Å²) in [6.07, 6.45) is 4.24. The number of hydrogen-bond acceptors (Lipinski definition) is 4. The van der Waals surface area contributed by atoms with E-state index >= 15 is 0 Å². The Bertz CT molecular complexity index is 483. The number of unbranched alkanes of at least 4 members (excludes halogenated alkanes) is 2. The molecule has 1 amide bonds. The summed E-state index contributed by atoms with van der Waals surface area (Å²) in [5.74, 6) is -0.207. The number of nitro benzene ring substituents is 1. The van der Waals surface area contributed by atoms with Crippen LogP contribution in [0.3, 0.4) is 0 Å². The van der Waals surface area contributed by atoms with Crippen molar-refractivity contribution in [3.63, 3.8) is 0 Å². The van der Waals surface area contributed by atoms with E-state index in [1.807, 2.05) is 0 Å². The van der Waals surface area contributed by atoms with Crippen LogP contribution in [-0.4, -0.2) is 35.4 Å². The molecule has 0 aliphatic carbocycles. The molecule has 0 spiro atoms. The Kier molecular flexibility index (Phi) is 8.14. The predicted molar refractivity (Wildman–Crippen MR) is 88.0 cm³/mol. The summed E-state index contributed by atoms with van der Waals surface area (Å²) < 4.78 is 0. The number of anilines is 1. The largest absolute Gasteiger partial charge is 0.319 e. The average Bonchev–Trinajstić information content (AvgIpc) is 2.50. The molecule has 0 atom stereocenters. The fourth-order valence-corrected chi connectivity index (χ4v) is 2.16. The number of carbonyl (C=O) groups is 1. The molecule has 0 saturated carbocycles. The second-order valence-corrected chi connectivity index (χ2v) is 5.31. The standard InChI is InChI=1S/C16H25N3O3/c1-3-5-11-18(12-6-4-2)13-16(20)17-14-9-7-8-10-15(14)19(21)22/h7-10H,3-6,11-13H2,1-2H3,(H,17,20). The Hall–Kier alpha value is -1.95. The van der Waals surface area contributed by atoms with Crippen molar-refractivity contribution in [1.82, 2.24) is 4.90 Å². The van der Waals surface area contributed by atoms with Gasteiger partial charge < -0.3 is 5.32 Å². The van der Waals surface area contributed by atoms with Crippen molar-refractivity contribution in [3.8, 4) is 0 Å². The number of nitrogens with zero attached hydrogens (tertiary/aromatic N) is 2. The summed E-state index contributed by atoms with van der Waals surface area (Å²) in [4.78, 5) is 24.7. The molecule has 0 fully saturated rings. The summed E-state index contributed by atoms with van der Waals surface area (Å²) in [6, 6.07) is 6.21. The number of benzene rings is 1. The van der Waals surface area contributed by atoms with Gasteiger partial charge in [0.15, 0.2) is 0 Å². The highest BCUT2D eigenvalue weighted by molar-refractivity contribution is 5.94. The molecule has 122 valence electrons. The molecule has 6 heteroatoms. The van der Waals surface area contributed by atoms with Gasteiger partial charge in [-0.25, -0.2) is 0 Å².